The van der Waals surface area contributed by atoms with E-state index in [9.17, 15) is 4.79 Å². The summed E-state index contributed by atoms with van der Waals surface area (Å²) in [7, 11) is 3.28. The maximum atomic E-state index is 13.2. The summed E-state index contributed by atoms with van der Waals surface area (Å²) in [4.78, 5) is 14.9. The molecule has 1 N–H and O–H groups in total. The van der Waals surface area contributed by atoms with Crippen molar-refractivity contribution in [2.45, 2.75) is 26.0 Å². The van der Waals surface area contributed by atoms with Crippen LogP contribution in [0.4, 0.5) is 10.5 Å². The lowest BCUT2D eigenvalue weighted by atomic mass is 9.93. The van der Waals surface area contributed by atoms with E-state index in [2.05, 4.69) is 5.32 Å². The Balaban J connectivity index is 1.60. The summed E-state index contributed by atoms with van der Waals surface area (Å²) in [5, 5.41) is 3.56. The highest BCUT2D eigenvalue weighted by molar-refractivity contribution is 5.87. The van der Waals surface area contributed by atoms with E-state index < -0.39 is 0 Å². The highest BCUT2D eigenvalue weighted by Crippen LogP contribution is 2.36. The zero-order valence-corrected chi connectivity index (χ0v) is 19.3. The van der Waals surface area contributed by atoms with Gasteiger partial charge in [-0.05, 0) is 60.8 Å². The average Bonchev–Trinajstić information content (AvgIpc) is 2.86. The topological polar surface area (TPSA) is 60.0 Å². The van der Waals surface area contributed by atoms with E-state index in [0.29, 0.717) is 12.3 Å². The lowest BCUT2D eigenvalue weighted by molar-refractivity contribution is 0.146. The lowest BCUT2D eigenvalue weighted by Crippen LogP contribution is -2.42. The number of anilines is 1. The quantitative estimate of drug-likeness (QED) is 0.551. The molecular formula is C27H30N2O4. The molecule has 1 unspecified atom stereocenters. The second-order valence-corrected chi connectivity index (χ2v) is 8.15. The molecule has 6 heteroatoms. The monoisotopic (exact) mass is 446 g/mol. The van der Waals surface area contributed by atoms with Gasteiger partial charge in [0.25, 0.3) is 0 Å². The number of carbonyl (C=O) groups excluding carboxylic acids is 1. The molecule has 1 atom stereocenters. The summed E-state index contributed by atoms with van der Waals surface area (Å²) in [6.07, 6.45) is 0.506. The van der Waals surface area contributed by atoms with Crippen LogP contribution < -0.4 is 19.7 Å². The summed E-state index contributed by atoms with van der Waals surface area (Å²) < 4.78 is 16.7. The van der Waals surface area contributed by atoms with Gasteiger partial charge in [-0.2, -0.15) is 0 Å². The van der Waals surface area contributed by atoms with E-state index in [-0.39, 0.29) is 18.7 Å². The second-order valence-electron chi connectivity index (χ2n) is 8.15. The van der Waals surface area contributed by atoms with Crippen molar-refractivity contribution in [2.24, 2.45) is 0 Å². The zero-order valence-electron chi connectivity index (χ0n) is 19.3. The molecule has 33 heavy (non-hydrogen) atoms. The van der Waals surface area contributed by atoms with Gasteiger partial charge in [-0.1, -0.05) is 48.0 Å². The van der Waals surface area contributed by atoms with Crippen molar-refractivity contribution < 1.29 is 19.0 Å². The summed E-state index contributed by atoms with van der Waals surface area (Å²) in [6, 6.07) is 21.6. The molecule has 0 aliphatic carbocycles. The molecule has 1 heterocycles. The predicted octanol–water partition coefficient (Wildman–Crippen LogP) is 5.04. The number of fused-ring (bicyclic) bond motifs is 1. The van der Waals surface area contributed by atoms with Crippen molar-refractivity contribution in [3.63, 3.8) is 0 Å². The molecule has 6 nitrogen and oxygen atoms in total. The Morgan fingerprint density at radius 2 is 1.70 bits per heavy atom. The van der Waals surface area contributed by atoms with Crippen LogP contribution in [0.2, 0.25) is 0 Å². The molecule has 0 bridgehead atoms. The molecule has 3 aromatic rings. The number of hydrogen-bond acceptors (Lipinski definition) is 5. The molecule has 3 aromatic carbocycles. The van der Waals surface area contributed by atoms with Gasteiger partial charge in [-0.3, -0.25) is 4.90 Å². The van der Waals surface area contributed by atoms with Gasteiger partial charge in [0.15, 0.2) is 11.5 Å². The van der Waals surface area contributed by atoms with E-state index in [1.807, 2.05) is 73.7 Å². The Morgan fingerprint density at radius 3 is 2.39 bits per heavy atom. The largest absolute Gasteiger partial charge is 0.493 e. The molecule has 172 valence electrons. The van der Waals surface area contributed by atoms with Crippen LogP contribution in [0.25, 0.3) is 0 Å². The van der Waals surface area contributed by atoms with Crippen LogP contribution in [0.15, 0.2) is 66.7 Å². The molecule has 0 saturated carbocycles. The first kappa shape index (κ1) is 22.7. The molecular weight excluding hydrogens is 416 g/mol. The Kier molecular flexibility index (Phi) is 7.15. The van der Waals surface area contributed by atoms with Crippen LogP contribution in [-0.2, 0) is 17.8 Å². The number of nitrogens with zero attached hydrogens (tertiary/aromatic N) is 1. The Hall–Kier alpha value is -3.51. The number of methoxy groups -OCH3 is 2. The number of hydrogen-bond donors (Lipinski definition) is 1. The third-order valence-corrected chi connectivity index (χ3v) is 5.94. The number of aryl methyl sites for hydroxylation is 1. The van der Waals surface area contributed by atoms with Gasteiger partial charge >= 0.3 is 6.09 Å². The molecule has 0 spiro atoms. The zero-order chi connectivity index (χ0) is 23.2. The highest BCUT2D eigenvalue weighted by Gasteiger charge is 2.28. The third kappa shape index (κ3) is 5.29. The van der Waals surface area contributed by atoms with Crippen LogP contribution in [0.1, 0.15) is 28.3 Å². The minimum absolute atomic E-state index is 0.0702. The Bertz CT molecular complexity index is 1080. The van der Waals surface area contributed by atoms with Gasteiger partial charge in [-0.15, -0.1) is 0 Å². The maximum absolute atomic E-state index is 13.2. The maximum Gasteiger partial charge on any atom is 0.414 e. The number of amides is 1. The number of carbonyl (C=O) groups is 1. The second kappa shape index (κ2) is 10.4. The Morgan fingerprint density at radius 1 is 1.00 bits per heavy atom. The molecule has 1 amide bonds. The summed E-state index contributed by atoms with van der Waals surface area (Å²) >= 11 is 0. The van der Waals surface area contributed by atoms with Crippen LogP contribution in [0.5, 0.6) is 11.5 Å². The standard InChI is InChI=1S/C27H30N2O4/c1-19-9-11-22(12-10-19)29(27(30)33-18-20-7-5-4-6-8-20)17-24-23-16-26(32-3)25(31-2)15-21(23)13-14-28-24/h4-12,15-16,24,28H,13-14,17-18H2,1-3H3. The predicted molar refractivity (Wildman–Crippen MR) is 129 cm³/mol. The molecule has 1 aliphatic rings. The van der Waals surface area contributed by atoms with Gasteiger partial charge in [-0.25, -0.2) is 4.79 Å². The Labute approximate surface area is 195 Å². The van der Waals surface area contributed by atoms with Crippen LogP contribution in [-0.4, -0.2) is 33.4 Å². The van der Waals surface area contributed by atoms with Crippen LogP contribution in [0.3, 0.4) is 0 Å². The molecule has 0 aromatic heterocycles. The van der Waals surface area contributed by atoms with Crippen molar-refractivity contribution in [2.75, 3.05) is 32.2 Å². The fourth-order valence-electron chi connectivity index (χ4n) is 4.12. The van der Waals surface area contributed by atoms with Crippen molar-refractivity contribution in [1.29, 1.82) is 0 Å². The van der Waals surface area contributed by atoms with Crippen LogP contribution >= 0.6 is 0 Å². The number of benzene rings is 3. The van der Waals surface area contributed by atoms with Gasteiger partial charge in [0.1, 0.15) is 6.61 Å². The van der Waals surface area contributed by atoms with Crippen molar-refractivity contribution >= 4 is 11.8 Å². The molecule has 4 rings (SSSR count). The van der Waals surface area contributed by atoms with Gasteiger partial charge in [0, 0.05) is 12.2 Å². The molecule has 0 saturated heterocycles. The van der Waals surface area contributed by atoms with Crippen molar-refractivity contribution in [1.82, 2.24) is 5.32 Å². The summed E-state index contributed by atoms with van der Waals surface area (Å²) in [5.74, 6) is 1.40. The SMILES string of the molecule is COc1cc2c(cc1OC)C(CN(C(=O)OCc1ccccc1)c1ccc(C)cc1)NCC2. The number of rotatable bonds is 7. The van der Waals surface area contributed by atoms with Gasteiger partial charge < -0.3 is 19.5 Å². The normalized spacial score (nSPS) is 14.8. The van der Waals surface area contributed by atoms with Crippen LogP contribution in [0, 0.1) is 6.92 Å². The van der Waals surface area contributed by atoms with Crippen molar-refractivity contribution in [3.8, 4) is 11.5 Å². The van der Waals surface area contributed by atoms with Gasteiger partial charge in [0.05, 0.1) is 20.3 Å². The van der Waals surface area contributed by atoms with Gasteiger partial charge in [0.2, 0.25) is 0 Å². The van der Waals surface area contributed by atoms with E-state index in [1.54, 1.807) is 19.1 Å². The molecule has 0 radical (unpaired) electrons. The first-order chi connectivity index (χ1) is 16.1. The van der Waals surface area contributed by atoms with E-state index in [0.717, 1.165) is 41.1 Å². The molecule has 1 aliphatic heterocycles. The first-order valence-electron chi connectivity index (χ1n) is 11.1. The average molecular weight is 447 g/mol. The highest BCUT2D eigenvalue weighted by atomic mass is 16.6. The van der Waals surface area contributed by atoms with E-state index in [4.69, 9.17) is 14.2 Å². The fourth-order valence-corrected chi connectivity index (χ4v) is 4.12. The number of nitrogens with one attached hydrogen (secondary N) is 1. The van der Waals surface area contributed by atoms with E-state index in [1.165, 1.54) is 5.56 Å². The number of ether oxygens (including phenoxy) is 3. The fraction of sp³-hybridized carbons (Fsp3) is 0.296. The lowest BCUT2D eigenvalue weighted by Gasteiger charge is -2.32. The van der Waals surface area contributed by atoms with Crippen molar-refractivity contribution in [3.05, 3.63) is 89.0 Å². The first-order valence-corrected chi connectivity index (χ1v) is 11.1. The summed E-state index contributed by atoms with van der Waals surface area (Å²) in [5.41, 5.74) is 5.18. The minimum Gasteiger partial charge on any atom is -0.493 e. The minimum atomic E-state index is -0.378. The summed E-state index contributed by atoms with van der Waals surface area (Å²) in [6.45, 7) is 3.50. The smallest absolute Gasteiger partial charge is 0.414 e. The van der Waals surface area contributed by atoms with E-state index >= 15 is 0 Å². The molecule has 0 fully saturated rings. The third-order valence-electron chi connectivity index (χ3n) is 5.94.